The van der Waals surface area contributed by atoms with Gasteiger partial charge in [-0.15, -0.1) is 36.0 Å². The SMILES string of the molecule is C#CC(C)O.C#CC(C)OC1CCCCO1.C1=COCCC1.Cc1ccc(S(=O)(=O)O)cc1.ClCCl. The Bertz CT molecular complexity index is 859. The van der Waals surface area contributed by atoms with E-state index in [1.807, 2.05) is 19.9 Å². The van der Waals surface area contributed by atoms with Crippen LogP contribution in [0.5, 0.6) is 0 Å². The predicted molar refractivity (Wildman–Crippen MR) is 145 cm³/mol. The summed E-state index contributed by atoms with van der Waals surface area (Å²) in [7, 11) is -4.02. The third-order valence-electron chi connectivity index (χ3n) is 4.11. The highest BCUT2D eigenvalue weighted by molar-refractivity contribution is 7.85. The first-order chi connectivity index (χ1) is 17.0. The molecular formula is C26H38Cl2O7S. The number of halogens is 2. The molecule has 3 rings (SSSR count). The zero-order valence-corrected chi connectivity index (χ0v) is 23.4. The Morgan fingerprint density at radius 2 is 1.69 bits per heavy atom. The number of terminal acetylenes is 2. The van der Waals surface area contributed by atoms with E-state index in [-0.39, 0.29) is 22.6 Å². The van der Waals surface area contributed by atoms with Gasteiger partial charge >= 0.3 is 0 Å². The first-order valence-electron chi connectivity index (χ1n) is 11.3. The number of hydrogen-bond acceptors (Lipinski definition) is 6. The number of hydrogen-bond donors (Lipinski definition) is 2. The maximum absolute atomic E-state index is 10.5. The fourth-order valence-corrected chi connectivity index (χ4v) is 2.76. The molecule has 7 nitrogen and oxygen atoms in total. The molecule has 1 aromatic carbocycles. The lowest BCUT2D eigenvalue weighted by atomic mass is 10.2. The highest BCUT2D eigenvalue weighted by Crippen LogP contribution is 2.14. The molecule has 1 aromatic rings. The fourth-order valence-electron chi connectivity index (χ4n) is 2.28. The summed E-state index contributed by atoms with van der Waals surface area (Å²) in [6.45, 7) is 6.96. The van der Waals surface area contributed by atoms with Gasteiger partial charge in [-0.2, -0.15) is 8.42 Å². The predicted octanol–water partition coefficient (Wildman–Crippen LogP) is 5.53. The van der Waals surface area contributed by atoms with Crippen molar-refractivity contribution < 1.29 is 32.3 Å². The first kappa shape index (κ1) is 36.4. The number of benzene rings is 1. The third-order valence-corrected chi connectivity index (χ3v) is 4.98. The van der Waals surface area contributed by atoms with Crippen molar-refractivity contribution in [3.05, 3.63) is 42.2 Å². The number of aryl methyl sites for hydroxylation is 1. The lowest BCUT2D eigenvalue weighted by Gasteiger charge is -2.23. The first-order valence-corrected chi connectivity index (χ1v) is 13.8. The second-order valence-electron chi connectivity index (χ2n) is 7.36. The molecule has 10 heteroatoms. The smallest absolute Gasteiger partial charge is 0.294 e. The van der Waals surface area contributed by atoms with Gasteiger partial charge in [0.05, 0.1) is 23.1 Å². The van der Waals surface area contributed by atoms with Crippen molar-refractivity contribution in [1.82, 2.24) is 0 Å². The number of aliphatic hydroxyl groups excluding tert-OH is 1. The molecule has 0 amide bonds. The van der Waals surface area contributed by atoms with E-state index in [9.17, 15) is 8.42 Å². The van der Waals surface area contributed by atoms with E-state index >= 15 is 0 Å². The Labute approximate surface area is 226 Å². The van der Waals surface area contributed by atoms with Crippen molar-refractivity contribution in [3.8, 4) is 24.7 Å². The van der Waals surface area contributed by atoms with Gasteiger partial charge in [-0.3, -0.25) is 4.55 Å². The minimum Gasteiger partial charge on any atom is -0.502 e. The molecule has 2 aliphatic rings. The molecule has 2 N–H and O–H groups in total. The van der Waals surface area contributed by atoms with Crippen molar-refractivity contribution in [2.75, 3.05) is 18.6 Å². The highest BCUT2D eigenvalue weighted by atomic mass is 35.5. The molecule has 0 aliphatic carbocycles. The van der Waals surface area contributed by atoms with Gasteiger partial charge in [-0.05, 0) is 71.1 Å². The van der Waals surface area contributed by atoms with E-state index in [1.54, 1.807) is 25.3 Å². The molecule has 2 heterocycles. The molecular weight excluding hydrogens is 527 g/mol. The quantitative estimate of drug-likeness (QED) is 0.283. The van der Waals surface area contributed by atoms with Gasteiger partial charge < -0.3 is 19.3 Å². The van der Waals surface area contributed by atoms with Crippen molar-refractivity contribution in [3.63, 3.8) is 0 Å². The number of rotatable bonds is 3. The molecule has 0 spiro atoms. The van der Waals surface area contributed by atoms with Crippen molar-refractivity contribution in [2.24, 2.45) is 0 Å². The number of aliphatic hydroxyl groups is 1. The summed E-state index contributed by atoms with van der Waals surface area (Å²) in [6, 6.07) is 5.99. The average Bonchev–Trinajstić information content (AvgIpc) is 2.87. The largest absolute Gasteiger partial charge is 0.502 e. The summed E-state index contributed by atoms with van der Waals surface area (Å²) >= 11 is 9.53. The van der Waals surface area contributed by atoms with Gasteiger partial charge in [0.15, 0.2) is 6.29 Å². The zero-order chi connectivity index (χ0) is 27.8. The lowest BCUT2D eigenvalue weighted by Crippen LogP contribution is -2.25. The van der Waals surface area contributed by atoms with Crippen LogP contribution in [-0.4, -0.2) is 55.1 Å². The van der Waals surface area contributed by atoms with Crippen molar-refractivity contribution in [2.45, 2.75) is 76.3 Å². The van der Waals surface area contributed by atoms with Crippen LogP contribution in [0, 0.1) is 31.6 Å². The van der Waals surface area contributed by atoms with Crippen molar-refractivity contribution >= 4 is 33.3 Å². The Balaban J connectivity index is 0. The van der Waals surface area contributed by atoms with Crippen LogP contribution >= 0.6 is 23.2 Å². The maximum atomic E-state index is 10.5. The van der Waals surface area contributed by atoms with E-state index < -0.39 is 16.2 Å². The van der Waals surface area contributed by atoms with Gasteiger partial charge in [-0.25, -0.2) is 0 Å². The Morgan fingerprint density at radius 3 is 2.00 bits per heavy atom. The second-order valence-corrected chi connectivity index (χ2v) is 9.59. The molecule has 0 bridgehead atoms. The molecule has 3 unspecified atom stereocenters. The minimum atomic E-state index is -4.02. The summed E-state index contributed by atoms with van der Waals surface area (Å²) in [4.78, 5) is -0.0666. The summed E-state index contributed by atoms with van der Waals surface area (Å²) in [6.07, 6.45) is 18.6. The molecule has 3 atom stereocenters. The van der Waals surface area contributed by atoms with Crippen LogP contribution in [0.4, 0.5) is 0 Å². The molecule has 1 saturated heterocycles. The monoisotopic (exact) mass is 564 g/mol. The topological polar surface area (TPSA) is 102 Å². The zero-order valence-electron chi connectivity index (χ0n) is 21.1. The molecule has 0 radical (unpaired) electrons. The van der Waals surface area contributed by atoms with E-state index in [0.29, 0.717) is 0 Å². The van der Waals surface area contributed by atoms with E-state index in [1.165, 1.54) is 31.4 Å². The normalized spacial score (nSPS) is 17.5. The molecule has 204 valence electrons. The van der Waals surface area contributed by atoms with Gasteiger partial charge in [-0.1, -0.05) is 29.5 Å². The standard InChI is InChI=1S/C9H14O2.C7H8O3S.C5H8O.C4H6O.CH2Cl2/c1-3-8(2)11-9-6-4-5-7-10-9;1-6-2-4-7(5-3-6)11(8,9)10;1-2-4-6-5-3-1;1-3-4(2)5;2-1-3/h1,8-9H,4-7H2,2H3;2-5H,1H3,(H,8,9,10);2,4H,1,3,5H2;1,4-5H,2H3;1H2. The number of alkyl halides is 2. The van der Waals surface area contributed by atoms with Crippen LogP contribution in [0.3, 0.4) is 0 Å². The molecule has 36 heavy (non-hydrogen) atoms. The van der Waals surface area contributed by atoms with Crippen LogP contribution in [-0.2, 0) is 24.3 Å². The van der Waals surface area contributed by atoms with Crippen LogP contribution in [0.25, 0.3) is 0 Å². The lowest BCUT2D eigenvalue weighted by molar-refractivity contribution is -0.173. The van der Waals surface area contributed by atoms with E-state index in [4.69, 9.17) is 53.5 Å². The van der Waals surface area contributed by atoms with Gasteiger partial charge in [0.1, 0.15) is 12.2 Å². The summed E-state index contributed by atoms with van der Waals surface area (Å²) < 4.78 is 45.2. The van der Waals surface area contributed by atoms with Gasteiger partial charge in [0, 0.05) is 6.61 Å². The summed E-state index contributed by atoms with van der Waals surface area (Å²) in [5.41, 5.74) is 0.956. The van der Waals surface area contributed by atoms with Crippen LogP contribution < -0.4 is 0 Å². The van der Waals surface area contributed by atoms with Crippen LogP contribution in [0.15, 0.2) is 41.5 Å². The maximum Gasteiger partial charge on any atom is 0.294 e. The third kappa shape index (κ3) is 24.0. The Kier molecular flexibility index (Phi) is 23.9. The van der Waals surface area contributed by atoms with Crippen LogP contribution in [0.2, 0.25) is 0 Å². The Morgan fingerprint density at radius 1 is 1.11 bits per heavy atom. The molecule has 1 fully saturated rings. The Hall–Kier alpha value is -1.75. The van der Waals surface area contributed by atoms with Gasteiger partial charge in [0.2, 0.25) is 0 Å². The minimum absolute atomic E-state index is 0.0604. The second kappa shape index (κ2) is 23.6. The fraction of sp³-hybridized carbons (Fsp3) is 0.538. The number of ether oxygens (including phenoxy) is 3. The molecule has 0 saturated carbocycles. The molecule has 0 aromatic heterocycles. The van der Waals surface area contributed by atoms with Gasteiger partial charge in [0.25, 0.3) is 10.1 Å². The number of allylic oxidation sites excluding steroid dienone is 1. The average molecular weight is 566 g/mol. The van der Waals surface area contributed by atoms with Crippen molar-refractivity contribution in [1.29, 1.82) is 0 Å². The van der Waals surface area contributed by atoms with E-state index in [0.717, 1.165) is 31.6 Å². The van der Waals surface area contributed by atoms with Crippen LogP contribution in [0.1, 0.15) is 51.5 Å². The summed E-state index contributed by atoms with van der Waals surface area (Å²) in [5, 5.41) is 8.32. The summed E-state index contributed by atoms with van der Waals surface area (Å²) in [5.74, 6) is 4.59. The van der Waals surface area contributed by atoms with E-state index in [2.05, 4.69) is 18.3 Å². The molecule has 2 aliphatic heterocycles. The highest BCUT2D eigenvalue weighted by Gasteiger charge is 2.15.